The van der Waals surface area contributed by atoms with Gasteiger partial charge in [0.15, 0.2) is 0 Å². The Labute approximate surface area is 215 Å². The second-order valence-electron chi connectivity index (χ2n) is 9.33. The Morgan fingerprint density at radius 1 is 0.757 bits per heavy atom. The van der Waals surface area contributed by atoms with Crippen molar-refractivity contribution < 1.29 is 9.59 Å². The molecule has 3 aromatic carbocycles. The van der Waals surface area contributed by atoms with E-state index in [0.29, 0.717) is 34.6 Å². The van der Waals surface area contributed by atoms with Crippen LogP contribution in [0.3, 0.4) is 0 Å². The Bertz CT molecular complexity index is 1400. The third-order valence-corrected chi connectivity index (χ3v) is 6.20. The lowest BCUT2D eigenvalue weighted by atomic mass is 10.1. The van der Waals surface area contributed by atoms with Crippen molar-refractivity contribution in [3.63, 3.8) is 0 Å². The third kappa shape index (κ3) is 5.45. The van der Waals surface area contributed by atoms with E-state index in [0.717, 1.165) is 35.9 Å². The quantitative estimate of drug-likeness (QED) is 0.335. The van der Waals surface area contributed by atoms with E-state index in [1.54, 1.807) is 12.1 Å². The Morgan fingerprint density at radius 2 is 1.24 bits per heavy atom. The maximum Gasteiger partial charge on any atom is 0.257 e. The maximum atomic E-state index is 12.8. The fourth-order valence-corrected chi connectivity index (χ4v) is 4.19. The molecule has 2 heterocycles. The number of carbonyl (C=O) groups is 2. The number of nitrogens with one attached hydrogen (secondary N) is 4. The molecule has 0 bridgehead atoms. The molecule has 2 amide bonds. The molecule has 9 nitrogen and oxygen atoms in total. The number of amidine groups is 2. The molecule has 2 aliphatic rings. The van der Waals surface area contributed by atoms with Crippen LogP contribution in [0.15, 0.2) is 76.7 Å². The van der Waals surface area contributed by atoms with Crippen molar-refractivity contribution in [2.24, 2.45) is 9.98 Å². The minimum atomic E-state index is -0.351. The molecule has 9 heteroatoms. The van der Waals surface area contributed by atoms with E-state index in [1.165, 1.54) is 6.07 Å². The number of hydrogen-bond donors (Lipinski definition) is 5. The van der Waals surface area contributed by atoms with Crippen molar-refractivity contribution in [1.82, 2.24) is 10.6 Å². The van der Waals surface area contributed by atoms with Gasteiger partial charge in [-0.3, -0.25) is 19.6 Å². The Kier molecular flexibility index (Phi) is 6.59. The van der Waals surface area contributed by atoms with E-state index in [-0.39, 0.29) is 17.5 Å². The summed E-state index contributed by atoms with van der Waals surface area (Å²) in [5.74, 6) is 1.05. The van der Waals surface area contributed by atoms with E-state index in [9.17, 15) is 9.59 Å². The van der Waals surface area contributed by atoms with Gasteiger partial charge >= 0.3 is 0 Å². The van der Waals surface area contributed by atoms with Crippen molar-refractivity contribution in [3.8, 4) is 0 Å². The summed E-state index contributed by atoms with van der Waals surface area (Å²) in [7, 11) is 0. The number of carbonyl (C=O) groups excluding carboxylic acids is 2. The van der Waals surface area contributed by atoms with E-state index in [2.05, 4.69) is 45.1 Å². The van der Waals surface area contributed by atoms with Gasteiger partial charge in [0.2, 0.25) is 0 Å². The zero-order valence-corrected chi connectivity index (χ0v) is 20.7. The number of nitrogens with two attached hydrogens (primary N) is 1. The van der Waals surface area contributed by atoms with E-state index < -0.39 is 0 Å². The molecule has 0 unspecified atom stereocenters. The van der Waals surface area contributed by atoms with E-state index in [1.807, 2.05) is 48.5 Å². The highest BCUT2D eigenvalue weighted by Crippen LogP contribution is 2.20. The summed E-state index contributed by atoms with van der Waals surface area (Å²) < 4.78 is 0. The Balaban J connectivity index is 1.20. The van der Waals surface area contributed by atoms with Gasteiger partial charge in [0.1, 0.15) is 11.7 Å². The summed E-state index contributed by atoms with van der Waals surface area (Å²) in [5, 5.41) is 12.3. The van der Waals surface area contributed by atoms with Crippen LogP contribution < -0.4 is 27.0 Å². The van der Waals surface area contributed by atoms with Gasteiger partial charge in [0, 0.05) is 45.8 Å². The molecule has 2 aliphatic heterocycles. The fourth-order valence-electron chi connectivity index (χ4n) is 4.19. The van der Waals surface area contributed by atoms with Gasteiger partial charge in [-0.15, -0.1) is 0 Å². The van der Waals surface area contributed by atoms with Crippen molar-refractivity contribution in [3.05, 3.63) is 89.0 Å². The van der Waals surface area contributed by atoms with E-state index in [4.69, 9.17) is 5.73 Å². The molecule has 2 atom stereocenters. The molecular weight excluding hydrogens is 466 g/mol. The average molecular weight is 496 g/mol. The van der Waals surface area contributed by atoms with Gasteiger partial charge in [-0.05, 0) is 80.6 Å². The number of nitrogens with zero attached hydrogens (tertiary/aromatic N) is 2. The summed E-state index contributed by atoms with van der Waals surface area (Å²) in [4.78, 5) is 34.5. The summed E-state index contributed by atoms with van der Waals surface area (Å²) in [6, 6.07) is 20.2. The van der Waals surface area contributed by atoms with Crippen LogP contribution in [0.4, 0.5) is 17.1 Å². The molecule has 0 saturated carbocycles. The number of benzene rings is 3. The molecule has 188 valence electrons. The first-order chi connectivity index (χ1) is 17.9. The van der Waals surface area contributed by atoms with Crippen LogP contribution >= 0.6 is 0 Å². The smallest absolute Gasteiger partial charge is 0.257 e. The summed E-state index contributed by atoms with van der Waals surface area (Å²) in [6.07, 6.45) is 0. The highest BCUT2D eigenvalue weighted by atomic mass is 16.2. The Morgan fingerprint density at radius 3 is 1.68 bits per heavy atom. The highest BCUT2D eigenvalue weighted by molar-refractivity contribution is 6.10. The lowest BCUT2D eigenvalue weighted by Crippen LogP contribution is -2.27. The minimum Gasteiger partial charge on any atom is -0.398 e. The van der Waals surface area contributed by atoms with Gasteiger partial charge in [-0.2, -0.15) is 0 Å². The first-order valence-electron chi connectivity index (χ1n) is 12.2. The number of amides is 2. The number of nitrogen functional groups attached to an aromatic ring is 1. The zero-order chi connectivity index (χ0) is 25.9. The topological polar surface area (TPSA) is 133 Å². The summed E-state index contributed by atoms with van der Waals surface area (Å²) in [6.45, 7) is 5.66. The van der Waals surface area contributed by atoms with Crippen LogP contribution in [0.2, 0.25) is 0 Å². The van der Waals surface area contributed by atoms with Gasteiger partial charge in [-0.25, -0.2) is 0 Å². The van der Waals surface area contributed by atoms with Crippen molar-refractivity contribution in [2.45, 2.75) is 25.9 Å². The molecule has 0 aromatic heterocycles. The molecule has 37 heavy (non-hydrogen) atoms. The summed E-state index contributed by atoms with van der Waals surface area (Å²) >= 11 is 0. The van der Waals surface area contributed by atoms with Crippen LogP contribution in [0.25, 0.3) is 0 Å². The molecule has 5 rings (SSSR count). The van der Waals surface area contributed by atoms with Crippen molar-refractivity contribution >= 4 is 40.5 Å². The molecule has 3 aromatic rings. The minimum absolute atomic E-state index is 0.218. The van der Waals surface area contributed by atoms with E-state index >= 15 is 0 Å². The number of anilines is 3. The second-order valence-corrected chi connectivity index (χ2v) is 9.33. The first kappa shape index (κ1) is 24.1. The van der Waals surface area contributed by atoms with Crippen molar-refractivity contribution in [2.75, 3.05) is 29.5 Å². The lowest BCUT2D eigenvalue weighted by molar-refractivity contribution is 0.101. The van der Waals surface area contributed by atoms with Crippen LogP contribution in [-0.4, -0.2) is 48.7 Å². The average Bonchev–Trinajstić information content (AvgIpc) is 3.53. The second kappa shape index (κ2) is 10.1. The largest absolute Gasteiger partial charge is 0.398 e. The molecule has 0 saturated heterocycles. The van der Waals surface area contributed by atoms with Crippen molar-refractivity contribution in [1.29, 1.82) is 0 Å². The first-order valence-corrected chi connectivity index (χ1v) is 12.2. The fraction of sp³-hybridized carbons (Fsp3) is 0.214. The standard InChI is InChI=1S/C28H29N7O2/c1-16-14-30-25(32-16)18-3-8-21(9-4-18)34-27(36)20-7-12-23(24(29)13-20)28(37)35-22-10-5-19(6-11-22)26-31-15-17(2)33-26/h3-13,16-17H,14-15,29H2,1-2H3,(H,30,32)(H,31,33)(H,34,36)(H,35,37)/t16-,17+/m1/s1. The molecule has 6 N–H and O–H groups in total. The van der Waals surface area contributed by atoms with Gasteiger partial charge in [0.25, 0.3) is 11.8 Å². The van der Waals surface area contributed by atoms with Gasteiger partial charge in [-0.1, -0.05) is 0 Å². The van der Waals surface area contributed by atoms with Crippen LogP contribution in [0.5, 0.6) is 0 Å². The molecular formula is C28H29N7O2. The zero-order valence-electron chi connectivity index (χ0n) is 20.7. The SMILES string of the molecule is C[C@@H]1CN=C(c2ccc(NC(=O)c3ccc(C(=O)Nc4ccc(C5=NC[C@H](C)N5)cc4)c(N)c3)cc2)N1. The Hall–Kier alpha value is -4.66. The predicted octanol–water partition coefficient (Wildman–Crippen LogP) is 3.25. The van der Waals surface area contributed by atoms with Crippen LogP contribution in [-0.2, 0) is 0 Å². The molecule has 0 aliphatic carbocycles. The number of hydrogen-bond acceptors (Lipinski definition) is 7. The van der Waals surface area contributed by atoms with Gasteiger partial charge < -0.3 is 27.0 Å². The molecule has 0 fully saturated rings. The molecule has 0 spiro atoms. The monoisotopic (exact) mass is 495 g/mol. The van der Waals surface area contributed by atoms with Crippen LogP contribution in [0, 0.1) is 0 Å². The third-order valence-electron chi connectivity index (χ3n) is 6.20. The normalized spacial score (nSPS) is 18.3. The van der Waals surface area contributed by atoms with Gasteiger partial charge in [0.05, 0.1) is 18.7 Å². The molecule has 0 radical (unpaired) electrons. The predicted molar refractivity (Wildman–Crippen MR) is 148 cm³/mol. The maximum absolute atomic E-state index is 12.8. The van der Waals surface area contributed by atoms with Crippen LogP contribution in [0.1, 0.15) is 45.7 Å². The number of aliphatic imine (C=N–C) groups is 2. The number of rotatable bonds is 6. The summed E-state index contributed by atoms with van der Waals surface area (Å²) in [5.41, 5.74) is 10.2. The lowest BCUT2D eigenvalue weighted by Gasteiger charge is -2.11. The highest BCUT2D eigenvalue weighted by Gasteiger charge is 2.17.